The third-order valence-corrected chi connectivity index (χ3v) is 3.91. The van der Waals surface area contributed by atoms with Crippen molar-refractivity contribution in [2.75, 3.05) is 5.32 Å². The van der Waals surface area contributed by atoms with E-state index in [9.17, 15) is 9.59 Å². The molecule has 0 aromatic heterocycles. The van der Waals surface area contributed by atoms with Gasteiger partial charge < -0.3 is 15.2 Å². The van der Waals surface area contributed by atoms with E-state index >= 15 is 0 Å². The molecule has 1 amide bonds. The predicted molar refractivity (Wildman–Crippen MR) is 103 cm³/mol. The van der Waals surface area contributed by atoms with Crippen molar-refractivity contribution in [3.8, 4) is 5.75 Å². The fourth-order valence-corrected chi connectivity index (χ4v) is 2.55. The summed E-state index contributed by atoms with van der Waals surface area (Å²) < 4.78 is 5.75. The van der Waals surface area contributed by atoms with Gasteiger partial charge in [0.25, 0.3) is 5.91 Å². The third kappa shape index (κ3) is 5.44. The fraction of sp³-hybridized carbons (Fsp3) is 0.0909. The molecule has 3 aromatic carbocycles. The van der Waals surface area contributed by atoms with Crippen molar-refractivity contribution in [1.29, 1.82) is 0 Å². The molecule has 5 heteroatoms. The molecule has 3 aromatic rings. The molecule has 136 valence electrons. The Morgan fingerprint density at radius 1 is 0.852 bits per heavy atom. The van der Waals surface area contributed by atoms with Gasteiger partial charge in [-0.2, -0.15) is 0 Å². The molecule has 5 nitrogen and oxygen atoms in total. The van der Waals surface area contributed by atoms with Gasteiger partial charge in [0.05, 0.1) is 6.42 Å². The monoisotopic (exact) mass is 361 g/mol. The quantitative estimate of drug-likeness (QED) is 0.663. The highest BCUT2D eigenvalue weighted by Crippen LogP contribution is 2.17. The van der Waals surface area contributed by atoms with Gasteiger partial charge in [0.15, 0.2) is 0 Å². The van der Waals surface area contributed by atoms with Gasteiger partial charge in [-0.05, 0) is 41.5 Å². The van der Waals surface area contributed by atoms with Crippen LogP contribution in [0.1, 0.15) is 21.5 Å². The summed E-state index contributed by atoms with van der Waals surface area (Å²) in [4.78, 5) is 23.2. The Labute approximate surface area is 157 Å². The average molecular weight is 361 g/mol. The van der Waals surface area contributed by atoms with Gasteiger partial charge >= 0.3 is 5.97 Å². The summed E-state index contributed by atoms with van der Waals surface area (Å²) in [5.41, 5.74) is 2.81. The van der Waals surface area contributed by atoms with Gasteiger partial charge in [0, 0.05) is 11.3 Å². The number of hydrogen-bond acceptors (Lipinski definition) is 3. The largest absolute Gasteiger partial charge is 0.489 e. The van der Waals surface area contributed by atoms with E-state index in [1.165, 1.54) is 0 Å². The lowest BCUT2D eigenvalue weighted by atomic mass is 10.1. The van der Waals surface area contributed by atoms with E-state index in [1.54, 1.807) is 48.5 Å². The number of carboxylic acid groups (broad SMARTS) is 1. The Bertz CT molecular complexity index is 921. The molecule has 0 atom stereocenters. The summed E-state index contributed by atoms with van der Waals surface area (Å²) in [5.74, 6) is -0.534. The Kier molecular flexibility index (Phi) is 5.84. The number of hydrogen-bond donors (Lipinski definition) is 2. The number of amides is 1. The summed E-state index contributed by atoms with van der Waals surface area (Å²) in [6, 6.07) is 23.5. The molecule has 0 radical (unpaired) electrons. The van der Waals surface area contributed by atoms with Gasteiger partial charge in [-0.25, -0.2) is 0 Å². The summed E-state index contributed by atoms with van der Waals surface area (Å²) in [7, 11) is 0. The van der Waals surface area contributed by atoms with Crippen molar-refractivity contribution >= 4 is 17.6 Å². The summed E-state index contributed by atoms with van der Waals surface area (Å²) >= 11 is 0. The fourth-order valence-electron chi connectivity index (χ4n) is 2.55. The molecule has 0 spiro atoms. The lowest BCUT2D eigenvalue weighted by Crippen LogP contribution is -2.12. The maximum absolute atomic E-state index is 12.4. The number of rotatable bonds is 7. The average Bonchev–Trinajstić information content (AvgIpc) is 2.68. The number of nitrogens with one attached hydrogen (secondary N) is 1. The molecule has 27 heavy (non-hydrogen) atoms. The minimum atomic E-state index is -0.890. The van der Waals surface area contributed by atoms with Gasteiger partial charge in [0.2, 0.25) is 0 Å². The molecule has 3 rings (SSSR count). The van der Waals surface area contributed by atoms with Crippen LogP contribution >= 0.6 is 0 Å². The smallest absolute Gasteiger partial charge is 0.307 e. The highest BCUT2D eigenvalue weighted by Gasteiger charge is 2.08. The number of benzene rings is 3. The van der Waals surface area contributed by atoms with Crippen molar-refractivity contribution in [1.82, 2.24) is 0 Å². The van der Waals surface area contributed by atoms with Crippen molar-refractivity contribution in [3.63, 3.8) is 0 Å². The second-order valence-corrected chi connectivity index (χ2v) is 6.02. The van der Waals surface area contributed by atoms with E-state index in [4.69, 9.17) is 9.84 Å². The first kappa shape index (κ1) is 18.2. The standard InChI is InChI=1S/C22H19NO4/c24-21(25)13-16-9-11-19(12-10-16)23-22(26)18-7-4-8-20(14-18)27-15-17-5-2-1-3-6-17/h1-12,14H,13,15H2,(H,23,26)(H,24,25). The highest BCUT2D eigenvalue weighted by atomic mass is 16.5. The molecule has 0 saturated carbocycles. The van der Waals surface area contributed by atoms with Gasteiger partial charge in [-0.1, -0.05) is 48.5 Å². The maximum atomic E-state index is 12.4. The second-order valence-electron chi connectivity index (χ2n) is 6.02. The normalized spacial score (nSPS) is 10.2. The number of ether oxygens (including phenoxy) is 1. The van der Waals surface area contributed by atoms with Crippen LogP contribution in [0.15, 0.2) is 78.9 Å². The van der Waals surface area contributed by atoms with Crippen LogP contribution in [0.3, 0.4) is 0 Å². The van der Waals surface area contributed by atoms with E-state index in [0.717, 1.165) is 5.56 Å². The zero-order valence-electron chi connectivity index (χ0n) is 14.6. The molecule has 0 aliphatic carbocycles. The lowest BCUT2D eigenvalue weighted by Gasteiger charge is -2.09. The molecular formula is C22H19NO4. The summed E-state index contributed by atoms with van der Waals surface area (Å²) in [6.07, 6.45) is -0.0466. The minimum absolute atomic E-state index is 0.0466. The van der Waals surface area contributed by atoms with Crippen LogP contribution in [-0.2, 0) is 17.8 Å². The zero-order valence-corrected chi connectivity index (χ0v) is 14.6. The highest BCUT2D eigenvalue weighted by molar-refractivity contribution is 6.04. The second kappa shape index (κ2) is 8.67. The van der Waals surface area contributed by atoms with Crippen LogP contribution in [0.5, 0.6) is 5.75 Å². The van der Waals surface area contributed by atoms with Crippen molar-refractivity contribution < 1.29 is 19.4 Å². The molecule has 0 heterocycles. The van der Waals surface area contributed by atoms with Crippen LogP contribution in [0.4, 0.5) is 5.69 Å². The molecule has 0 bridgehead atoms. The predicted octanol–water partition coefficient (Wildman–Crippen LogP) is 4.15. The maximum Gasteiger partial charge on any atom is 0.307 e. The van der Waals surface area contributed by atoms with Gasteiger partial charge in [-0.3, -0.25) is 9.59 Å². The van der Waals surface area contributed by atoms with Crippen molar-refractivity contribution in [3.05, 3.63) is 95.6 Å². The number of carbonyl (C=O) groups is 2. The molecule has 0 saturated heterocycles. The first-order chi connectivity index (χ1) is 13.1. The first-order valence-electron chi connectivity index (χ1n) is 8.49. The first-order valence-corrected chi connectivity index (χ1v) is 8.49. The Balaban J connectivity index is 1.62. The molecule has 2 N–H and O–H groups in total. The number of anilines is 1. The Hall–Kier alpha value is -3.60. The van der Waals surface area contributed by atoms with Crippen molar-refractivity contribution in [2.45, 2.75) is 13.0 Å². The number of aliphatic carboxylic acids is 1. The molecule has 0 aliphatic heterocycles. The number of carbonyl (C=O) groups excluding carboxylic acids is 1. The van der Waals surface area contributed by atoms with Crippen LogP contribution in [-0.4, -0.2) is 17.0 Å². The lowest BCUT2D eigenvalue weighted by molar-refractivity contribution is -0.136. The molecular weight excluding hydrogens is 342 g/mol. The molecule has 0 unspecified atom stereocenters. The summed E-state index contributed by atoms with van der Waals surface area (Å²) in [5, 5.41) is 11.6. The Morgan fingerprint density at radius 3 is 2.30 bits per heavy atom. The SMILES string of the molecule is O=C(O)Cc1ccc(NC(=O)c2cccc(OCc3ccccc3)c2)cc1. The summed E-state index contributed by atoms with van der Waals surface area (Å²) in [6.45, 7) is 0.428. The van der Waals surface area contributed by atoms with Crippen LogP contribution in [0, 0.1) is 0 Å². The number of carboxylic acids is 1. The van der Waals surface area contributed by atoms with Gasteiger partial charge in [0.1, 0.15) is 12.4 Å². The van der Waals surface area contributed by atoms with E-state index in [2.05, 4.69) is 5.32 Å². The zero-order chi connectivity index (χ0) is 19.1. The van der Waals surface area contributed by atoms with E-state index in [0.29, 0.717) is 29.2 Å². The van der Waals surface area contributed by atoms with Crippen LogP contribution in [0.2, 0.25) is 0 Å². The van der Waals surface area contributed by atoms with Crippen molar-refractivity contribution in [2.24, 2.45) is 0 Å². The third-order valence-electron chi connectivity index (χ3n) is 3.91. The van der Waals surface area contributed by atoms with E-state index < -0.39 is 5.97 Å². The minimum Gasteiger partial charge on any atom is -0.489 e. The molecule has 0 fully saturated rings. The Morgan fingerprint density at radius 2 is 1.59 bits per heavy atom. The molecule has 0 aliphatic rings. The van der Waals surface area contributed by atoms with Crippen LogP contribution < -0.4 is 10.1 Å². The van der Waals surface area contributed by atoms with E-state index in [1.807, 2.05) is 30.3 Å². The van der Waals surface area contributed by atoms with E-state index in [-0.39, 0.29) is 12.3 Å². The topological polar surface area (TPSA) is 75.6 Å². The van der Waals surface area contributed by atoms with Crippen LogP contribution in [0.25, 0.3) is 0 Å². The van der Waals surface area contributed by atoms with Gasteiger partial charge in [-0.15, -0.1) is 0 Å².